The molecule has 2 aromatic rings. The number of hydrogen-bond acceptors (Lipinski definition) is 3. The van der Waals surface area contributed by atoms with Crippen molar-refractivity contribution in [1.82, 2.24) is 0 Å². The number of hydrogen-bond donors (Lipinski definition) is 1. The zero-order valence-corrected chi connectivity index (χ0v) is 12.1. The minimum absolute atomic E-state index is 0.283. The number of methoxy groups -OCH3 is 1. The van der Waals surface area contributed by atoms with E-state index in [1.54, 1.807) is 36.3 Å². The highest BCUT2D eigenvalue weighted by Gasteiger charge is 2.28. The van der Waals surface area contributed by atoms with Crippen molar-refractivity contribution in [2.75, 3.05) is 18.6 Å². The summed E-state index contributed by atoms with van der Waals surface area (Å²) in [5.74, 6) is -0.139. The summed E-state index contributed by atoms with van der Waals surface area (Å²) in [5.41, 5.74) is 1.56. The van der Waals surface area contributed by atoms with Crippen LogP contribution < -0.4 is 9.64 Å². The van der Waals surface area contributed by atoms with Gasteiger partial charge in [0.1, 0.15) is 11.6 Å². The van der Waals surface area contributed by atoms with Crippen molar-refractivity contribution in [3.05, 3.63) is 59.4 Å². The molecule has 1 aliphatic heterocycles. The number of rotatable bonds is 2. The molecule has 0 saturated carbocycles. The molecular weight excluding hydrogens is 285 g/mol. The molecule has 1 atom stereocenters. The first-order valence-corrected chi connectivity index (χ1v) is 7.03. The Balaban J connectivity index is 2.02. The van der Waals surface area contributed by atoms with Crippen molar-refractivity contribution in [3.8, 4) is 5.75 Å². The molecule has 0 saturated heterocycles. The summed E-state index contributed by atoms with van der Waals surface area (Å²) >= 11 is 0. The van der Waals surface area contributed by atoms with Gasteiger partial charge in [0.25, 0.3) is 5.91 Å². The highest BCUT2D eigenvalue weighted by molar-refractivity contribution is 6.06. The van der Waals surface area contributed by atoms with Crippen LogP contribution in [0.2, 0.25) is 0 Å². The molecule has 22 heavy (non-hydrogen) atoms. The van der Waals surface area contributed by atoms with E-state index >= 15 is 0 Å². The van der Waals surface area contributed by atoms with Crippen LogP contribution in [0, 0.1) is 5.82 Å². The Hall–Kier alpha value is -2.40. The van der Waals surface area contributed by atoms with Gasteiger partial charge in [-0.2, -0.15) is 0 Å². The van der Waals surface area contributed by atoms with E-state index in [0.717, 1.165) is 0 Å². The Morgan fingerprint density at radius 1 is 1.32 bits per heavy atom. The lowest BCUT2D eigenvalue weighted by Crippen LogP contribution is -2.36. The maximum atomic E-state index is 13.3. The summed E-state index contributed by atoms with van der Waals surface area (Å²) in [6.45, 7) is 0.372. The highest BCUT2D eigenvalue weighted by atomic mass is 19.1. The van der Waals surface area contributed by atoms with E-state index < -0.39 is 11.9 Å². The third-order valence-electron chi connectivity index (χ3n) is 3.83. The van der Waals surface area contributed by atoms with Gasteiger partial charge in [0.2, 0.25) is 0 Å². The highest BCUT2D eigenvalue weighted by Crippen LogP contribution is 2.37. The van der Waals surface area contributed by atoms with Crippen LogP contribution in [0.25, 0.3) is 0 Å². The van der Waals surface area contributed by atoms with E-state index in [9.17, 15) is 14.3 Å². The molecule has 114 valence electrons. The average molecular weight is 301 g/mol. The number of ether oxygens (including phenoxy) is 1. The maximum absolute atomic E-state index is 13.3. The van der Waals surface area contributed by atoms with Crippen LogP contribution in [0.15, 0.2) is 42.5 Å². The predicted octanol–water partition coefficient (Wildman–Crippen LogP) is 2.92. The number of carbonyl (C=O) groups excluding carboxylic acids is 1. The monoisotopic (exact) mass is 301 g/mol. The second kappa shape index (κ2) is 5.77. The molecule has 0 aliphatic carbocycles. The summed E-state index contributed by atoms with van der Waals surface area (Å²) in [7, 11) is 1.54. The summed E-state index contributed by atoms with van der Waals surface area (Å²) in [5, 5.41) is 10.1. The Morgan fingerprint density at radius 3 is 2.86 bits per heavy atom. The SMILES string of the molecule is COc1ccc2c(c1)N(C(=O)c1cccc(F)c1)CCC2O. The molecule has 2 aromatic carbocycles. The van der Waals surface area contributed by atoms with Gasteiger partial charge >= 0.3 is 0 Å². The zero-order valence-electron chi connectivity index (χ0n) is 12.1. The van der Waals surface area contributed by atoms with Crippen LogP contribution in [-0.4, -0.2) is 24.7 Å². The van der Waals surface area contributed by atoms with E-state index in [4.69, 9.17) is 4.74 Å². The third kappa shape index (κ3) is 2.55. The lowest BCUT2D eigenvalue weighted by molar-refractivity contribution is 0.0970. The van der Waals surface area contributed by atoms with Crippen molar-refractivity contribution < 1.29 is 19.0 Å². The molecule has 3 rings (SSSR count). The van der Waals surface area contributed by atoms with Crippen molar-refractivity contribution >= 4 is 11.6 Å². The summed E-state index contributed by atoms with van der Waals surface area (Å²) in [6, 6.07) is 10.8. The minimum Gasteiger partial charge on any atom is -0.497 e. The van der Waals surface area contributed by atoms with Crippen molar-refractivity contribution in [3.63, 3.8) is 0 Å². The van der Waals surface area contributed by atoms with E-state index in [2.05, 4.69) is 0 Å². The fourth-order valence-electron chi connectivity index (χ4n) is 2.68. The summed E-state index contributed by atoms with van der Waals surface area (Å²) in [6.07, 6.45) is -0.169. The first kappa shape index (κ1) is 14.5. The lowest BCUT2D eigenvalue weighted by atomic mass is 9.97. The fraction of sp³-hybridized carbons (Fsp3) is 0.235. The van der Waals surface area contributed by atoms with Crippen molar-refractivity contribution in [1.29, 1.82) is 0 Å². The number of halogens is 1. The van der Waals surface area contributed by atoms with Gasteiger partial charge in [-0.05, 0) is 30.7 Å². The van der Waals surface area contributed by atoms with Gasteiger partial charge in [-0.15, -0.1) is 0 Å². The minimum atomic E-state index is -0.613. The Bertz CT molecular complexity index is 717. The molecule has 0 radical (unpaired) electrons. The number of benzene rings is 2. The van der Waals surface area contributed by atoms with Crippen LogP contribution >= 0.6 is 0 Å². The fourth-order valence-corrected chi connectivity index (χ4v) is 2.68. The van der Waals surface area contributed by atoms with E-state index in [1.807, 2.05) is 0 Å². The summed E-state index contributed by atoms with van der Waals surface area (Å²) < 4.78 is 18.5. The van der Waals surface area contributed by atoms with Crippen molar-refractivity contribution in [2.24, 2.45) is 0 Å². The van der Waals surface area contributed by atoms with Crippen LogP contribution in [0.5, 0.6) is 5.75 Å². The first-order valence-electron chi connectivity index (χ1n) is 7.03. The number of amides is 1. The Morgan fingerprint density at radius 2 is 2.14 bits per heavy atom. The standard InChI is InChI=1S/C17H16FNO3/c1-22-13-5-6-14-15(10-13)19(8-7-16(14)20)17(21)11-3-2-4-12(18)9-11/h2-6,9-10,16,20H,7-8H2,1H3. The van der Waals surface area contributed by atoms with Gasteiger partial charge in [0.05, 0.1) is 18.9 Å². The number of anilines is 1. The number of fused-ring (bicyclic) bond motifs is 1. The normalized spacial score (nSPS) is 17.0. The topological polar surface area (TPSA) is 49.8 Å². The predicted molar refractivity (Wildman–Crippen MR) is 80.6 cm³/mol. The van der Waals surface area contributed by atoms with Crippen molar-refractivity contribution in [2.45, 2.75) is 12.5 Å². The molecule has 4 nitrogen and oxygen atoms in total. The smallest absolute Gasteiger partial charge is 0.258 e. The Kier molecular flexibility index (Phi) is 3.81. The number of aliphatic hydroxyl groups is 1. The quantitative estimate of drug-likeness (QED) is 0.928. The number of aliphatic hydroxyl groups excluding tert-OH is 1. The molecule has 1 unspecified atom stereocenters. The zero-order chi connectivity index (χ0) is 15.7. The van der Waals surface area contributed by atoms with Crippen LogP contribution in [0.4, 0.5) is 10.1 Å². The molecule has 0 fully saturated rings. The van der Waals surface area contributed by atoms with Gasteiger partial charge in [-0.25, -0.2) is 4.39 Å². The largest absolute Gasteiger partial charge is 0.497 e. The van der Waals surface area contributed by atoms with Crippen LogP contribution in [0.3, 0.4) is 0 Å². The van der Waals surface area contributed by atoms with Gasteiger partial charge < -0.3 is 14.7 Å². The maximum Gasteiger partial charge on any atom is 0.258 e. The molecule has 1 amide bonds. The molecule has 5 heteroatoms. The second-order valence-electron chi connectivity index (χ2n) is 5.20. The molecule has 0 spiro atoms. The summed E-state index contributed by atoms with van der Waals surface area (Å²) in [4.78, 5) is 14.2. The second-order valence-corrected chi connectivity index (χ2v) is 5.20. The van der Waals surface area contributed by atoms with E-state index in [-0.39, 0.29) is 11.5 Å². The number of carbonyl (C=O) groups is 1. The molecule has 1 N–H and O–H groups in total. The van der Waals surface area contributed by atoms with Gasteiger partial charge in [-0.1, -0.05) is 12.1 Å². The third-order valence-corrected chi connectivity index (χ3v) is 3.83. The van der Waals surface area contributed by atoms with Crippen LogP contribution in [0.1, 0.15) is 28.4 Å². The Labute approximate surface area is 127 Å². The molecular formula is C17H16FNO3. The lowest BCUT2D eigenvalue weighted by Gasteiger charge is -2.32. The first-order chi connectivity index (χ1) is 10.6. The number of nitrogens with zero attached hydrogens (tertiary/aromatic N) is 1. The van der Waals surface area contributed by atoms with E-state index in [0.29, 0.717) is 30.0 Å². The van der Waals surface area contributed by atoms with E-state index in [1.165, 1.54) is 18.2 Å². The average Bonchev–Trinajstić information content (AvgIpc) is 2.54. The van der Waals surface area contributed by atoms with Gasteiger partial charge in [-0.3, -0.25) is 4.79 Å². The molecule has 1 heterocycles. The molecule has 0 aromatic heterocycles. The molecule has 0 bridgehead atoms. The van der Waals surface area contributed by atoms with Gasteiger partial charge in [0.15, 0.2) is 0 Å². The molecule has 1 aliphatic rings. The van der Waals surface area contributed by atoms with Gasteiger partial charge in [0, 0.05) is 23.7 Å². The van der Waals surface area contributed by atoms with Crippen LogP contribution in [-0.2, 0) is 0 Å².